The monoisotopic (exact) mass is 262 g/mol. The first-order valence-corrected chi connectivity index (χ1v) is 6.59. The smallest absolute Gasteiger partial charge is 0.306 e. The van der Waals surface area contributed by atoms with Crippen LogP contribution in [0.4, 0.5) is 0 Å². The van der Waals surface area contributed by atoms with Crippen molar-refractivity contribution in [3.05, 3.63) is 35.9 Å². The molecule has 4 heteroatoms. The van der Waals surface area contributed by atoms with Crippen molar-refractivity contribution in [3.8, 4) is 0 Å². The van der Waals surface area contributed by atoms with Gasteiger partial charge in [0.2, 0.25) is 0 Å². The van der Waals surface area contributed by atoms with E-state index in [1.807, 2.05) is 18.2 Å². The quantitative estimate of drug-likeness (QED) is 0.828. The molecule has 0 atom stereocenters. The first-order valence-electron chi connectivity index (χ1n) is 6.59. The molecule has 0 radical (unpaired) electrons. The molecule has 2 rings (SSSR count). The number of hydrogen-bond acceptors (Lipinski definition) is 3. The third kappa shape index (κ3) is 3.89. The molecule has 0 heterocycles. The van der Waals surface area contributed by atoms with E-state index >= 15 is 0 Å². The van der Waals surface area contributed by atoms with Crippen LogP contribution in [0.1, 0.15) is 36.0 Å². The van der Waals surface area contributed by atoms with Crippen molar-refractivity contribution in [2.75, 3.05) is 6.61 Å². The molecule has 0 saturated heterocycles. The van der Waals surface area contributed by atoms with Crippen molar-refractivity contribution in [1.82, 2.24) is 0 Å². The predicted octanol–water partition coefficient (Wildman–Crippen LogP) is 2.53. The maximum absolute atomic E-state index is 11.8. The van der Waals surface area contributed by atoms with Gasteiger partial charge in [0.05, 0.1) is 12.0 Å². The van der Waals surface area contributed by atoms with Gasteiger partial charge >= 0.3 is 5.97 Å². The van der Waals surface area contributed by atoms with Gasteiger partial charge in [0.25, 0.3) is 0 Å². The zero-order valence-electron chi connectivity index (χ0n) is 10.7. The fourth-order valence-corrected chi connectivity index (χ4v) is 2.38. The highest BCUT2D eigenvalue weighted by molar-refractivity contribution is 5.97. The van der Waals surface area contributed by atoms with Crippen LogP contribution in [0.2, 0.25) is 0 Å². The minimum Gasteiger partial charge on any atom is -0.481 e. The summed E-state index contributed by atoms with van der Waals surface area (Å²) in [5, 5.41) is 8.90. The highest BCUT2D eigenvalue weighted by atomic mass is 16.5. The van der Waals surface area contributed by atoms with Gasteiger partial charge in [-0.15, -0.1) is 0 Å². The van der Waals surface area contributed by atoms with E-state index in [0.29, 0.717) is 18.4 Å². The van der Waals surface area contributed by atoms with Gasteiger partial charge in [-0.3, -0.25) is 9.59 Å². The van der Waals surface area contributed by atoms with E-state index in [1.165, 1.54) is 0 Å². The molecule has 0 unspecified atom stereocenters. The molecule has 1 aromatic rings. The Labute approximate surface area is 112 Å². The van der Waals surface area contributed by atoms with Crippen molar-refractivity contribution in [2.45, 2.75) is 31.8 Å². The Bertz CT molecular complexity index is 433. The molecular weight excluding hydrogens is 244 g/mol. The van der Waals surface area contributed by atoms with E-state index in [1.54, 1.807) is 12.1 Å². The zero-order chi connectivity index (χ0) is 13.7. The molecule has 0 bridgehead atoms. The highest BCUT2D eigenvalue weighted by Crippen LogP contribution is 2.26. The first-order chi connectivity index (χ1) is 9.16. The minimum absolute atomic E-state index is 0.0169. The standard InChI is InChI=1S/C15H18O4/c16-14(11-4-2-1-3-5-11)10-19-13-8-6-12(7-9-13)15(17)18/h1-5,12-13H,6-10H2,(H,17,18). The van der Waals surface area contributed by atoms with Crippen molar-refractivity contribution in [3.63, 3.8) is 0 Å². The predicted molar refractivity (Wildman–Crippen MR) is 70.1 cm³/mol. The van der Waals surface area contributed by atoms with Gasteiger partial charge in [0, 0.05) is 5.56 Å². The van der Waals surface area contributed by atoms with Crippen molar-refractivity contribution < 1.29 is 19.4 Å². The molecule has 1 aliphatic carbocycles. The second-order valence-electron chi connectivity index (χ2n) is 4.91. The second-order valence-corrected chi connectivity index (χ2v) is 4.91. The largest absolute Gasteiger partial charge is 0.481 e. The maximum Gasteiger partial charge on any atom is 0.306 e. The minimum atomic E-state index is -0.723. The topological polar surface area (TPSA) is 63.6 Å². The lowest BCUT2D eigenvalue weighted by Gasteiger charge is -2.25. The summed E-state index contributed by atoms with van der Waals surface area (Å²) in [6.07, 6.45) is 2.74. The van der Waals surface area contributed by atoms with Crippen LogP contribution in [0.3, 0.4) is 0 Å². The zero-order valence-corrected chi connectivity index (χ0v) is 10.7. The number of ether oxygens (including phenoxy) is 1. The van der Waals surface area contributed by atoms with Crippen molar-refractivity contribution >= 4 is 11.8 Å². The fraction of sp³-hybridized carbons (Fsp3) is 0.467. The van der Waals surface area contributed by atoms with Gasteiger partial charge in [0.1, 0.15) is 6.61 Å². The molecule has 1 fully saturated rings. The van der Waals surface area contributed by atoms with Crippen LogP contribution >= 0.6 is 0 Å². The molecule has 1 aromatic carbocycles. The number of carbonyl (C=O) groups excluding carboxylic acids is 1. The number of Topliss-reactive ketones (excluding diaryl/α,β-unsaturated/α-hetero) is 1. The van der Waals surface area contributed by atoms with E-state index in [4.69, 9.17) is 9.84 Å². The van der Waals surface area contributed by atoms with Gasteiger partial charge in [-0.2, -0.15) is 0 Å². The molecule has 1 saturated carbocycles. The summed E-state index contributed by atoms with van der Waals surface area (Å²) in [4.78, 5) is 22.7. The summed E-state index contributed by atoms with van der Waals surface area (Å²) in [5.41, 5.74) is 0.654. The highest BCUT2D eigenvalue weighted by Gasteiger charge is 2.26. The number of carbonyl (C=O) groups is 2. The van der Waals surface area contributed by atoms with E-state index in [0.717, 1.165) is 12.8 Å². The average molecular weight is 262 g/mol. The molecule has 1 aliphatic rings. The van der Waals surface area contributed by atoms with E-state index in [9.17, 15) is 9.59 Å². The number of carboxylic acid groups (broad SMARTS) is 1. The Kier molecular flexibility index (Phi) is 4.68. The summed E-state index contributed by atoms with van der Waals surface area (Å²) in [5.74, 6) is -0.996. The van der Waals surface area contributed by atoms with Crippen LogP contribution in [0.25, 0.3) is 0 Å². The van der Waals surface area contributed by atoms with Crippen LogP contribution < -0.4 is 0 Å². The summed E-state index contributed by atoms with van der Waals surface area (Å²) in [6.45, 7) is 0.0758. The van der Waals surface area contributed by atoms with Crippen LogP contribution in [-0.4, -0.2) is 29.6 Å². The lowest BCUT2D eigenvalue weighted by molar-refractivity contribution is -0.143. The summed E-state index contributed by atoms with van der Waals surface area (Å²) in [7, 11) is 0. The third-order valence-electron chi connectivity index (χ3n) is 3.57. The maximum atomic E-state index is 11.8. The Morgan fingerprint density at radius 2 is 1.74 bits per heavy atom. The van der Waals surface area contributed by atoms with Crippen LogP contribution in [0.5, 0.6) is 0 Å². The number of carboxylic acids is 1. The van der Waals surface area contributed by atoms with E-state index in [2.05, 4.69) is 0 Å². The third-order valence-corrected chi connectivity index (χ3v) is 3.57. The molecule has 1 N–H and O–H groups in total. The molecule has 4 nitrogen and oxygen atoms in total. The van der Waals surface area contributed by atoms with Crippen LogP contribution in [0, 0.1) is 5.92 Å². The lowest BCUT2D eigenvalue weighted by atomic mass is 9.87. The Balaban J connectivity index is 1.75. The summed E-state index contributed by atoms with van der Waals surface area (Å²) < 4.78 is 5.58. The van der Waals surface area contributed by atoms with Crippen LogP contribution in [0.15, 0.2) is 30.3 Å². The van der Waals surface area contributed by atoms with Crippen molar-refractivity contribution in [1.29, 1.82) is 0 Å². The van der Waals surface area contributed by atoms with E-state index < -0.39 is 5.97 Å². The molecule has 0 spiro atoms. The number of benzene rings is 1. The fourth-order valence-electron chi connectivity index (χ4n) is 2.38. The molecule has 19 heavy (non-hydrogen) atoms. The SMILES string of the molecule is O=C(COC1CCC(C(=O)O)CC1)c1ccccc1. The summed E-state index contributed by atoms with van der Waals surface area (Å²) in [6, 6.07) is 9.06. The average Bonchev–Trinajstić information content (AvgIpc) is 2.46. The molecule has 0 amide bonds. The Morgan fingerprint density at radius 1 is 1.11 bits per heavy atom. The van der Waals surface area contributed by atoms with Crippen LogP contribution in [-0.2, 0) is 9.53 Å². The van der Waals surface area contributed by atoms with Gasteiger partial charge < -0.3 is 9.84 Å². The molecule has 102 valence electrons. The Hall–Kier alpha value is -1.68. The first kappa shape index (κ1) is 13.7. The normalized spacial score (nSPS) is 22.9. The Morgan fingerprint density at radius 3 is 2.32 bits per heavy atom. The molecule has 0 aliphatic heterocycles. The lowest BCUT2D eigenvalue weighted by Crippen LogP contribution is -2.27. The van der Waals surface area contributed by atoms with E-state index in [-0.39, 0.29) is 24.4 Å². The second kappa shape index (κ2) is 6.48. The van der Waals surface area contributed by atoms with Gasteiger partial charge in [-0.05, 0) is 25.7 Å². The van der Waals surface area contributed by atoms with Gasteiger partial charge in [-0.1, -0.05) is 30.3 Å². The van der Waals surface area contributed by atoms with Gasteiger partial charge in [-0.25, -0.2) is 0 Å². The summed E-state index contributed by atoms with van der Waals surface area (Å²) >= 11 is 0. The molecular formula is C15H18O4. The van der Waals surface area contributed by atoms with Gasteiger partial charge in [0.15, 0.2) is 5.78 Å². The number of rotatable bonds is 5. The van der Waals surface area contributed by atoms with Crippen molar-refractivity contribution in [2.24, 2.45) is 5.92 Å². The molecule has 0 aromatic heterocycles. The number of hydrogen-bond donors (Lipinski definition) is 1. The number of aliphatic carboxylic acids is 1. The number of ketones is 1.